The molecule has 104 valence electrons. The van der Waals surface area contributed by atoms with Crippen LogP contribution in [-0.4, -0.2) is 20.9 Å². The van der Waals surface area contributed by atoms with Crippen molar-refractivity contribution in [2.75, 3.05) is 0 Å². The molecule has 2 rings (SSSR count). The summed E-state index contributed by atoms with van der Waals surface area (Å²) < 4.78 is 2.03. The van der Waals surface area contributed by atoms with Crippen LogP contribution in [0.3, 0.4) is 0 Å². The molecule has 0 atom stereocenters. The van der Waals surface area contributed by atoms with Crippen LogP contribution in [0.15, 0.2) is 39.6 Å². The van der Waals surface area contributed by atoms with Gasteiger partial charge in [-0.2, -0.15) is 9.78 Å². The third kappa shape index (κ3) is 2.80. The van der Waals surface area contributed by atoms with E-state index >= 15 is 0 Å². The lowest BCUT2D eigenvalue weighted by molar-refractivity contribution is 0.0694. The minimum atomic E-state index is -1.14. The summed E-state index contributed by atoms with van der Waals surface area (Å²) in [7, 11) is 0. The van der Waals surface area contributed by atoms with Crippen LogP contribution in [0.2, 0.25) is 0 Å². The highest BCUT2D eigenvalue weighted by Gasteiger charge is 2.18. The average Bonchev–Trinajstić information content (AvgIpc) is 2.37. The quantitative estimate of drug-likeness (QED) is 0.935. The highest BCUT2D eigenvalue weighted by Crippen LogP contribution is 2.18. The molecule has 5 nitrogen and oxygen atoms in total. The Kier molecular flexibility index (Phi) is 4.04. The number of hydrogen-bond donors (Lipinski definition) is 1. The highest BCUT2D eigenvalue weighted by atomic mass is 79.9. The maximum Gasteiger partial charge on any atom is 0.337 e. The van der Waals surface area contributed by atoms with Gasteiger partial charge in [0.1, 0.15) is 0 Å². The van der Waals surface area contributed by atoms with Gasteiger partial charge < -0.3 is 5.11 Å². The molecule has 1 aromatic heterocycles. The molecular weight excluding hydrogens is 324 g/mol. The average molecular weight is 337 g/mol. The van der Waals surface area contributed by atoms with Gasteiger partial charge in [0.05, 0.1) is 16.9 Å². The van der Waals surface area contributed by atoms with Gasteiger partial charge in [-0.1, -0.05) is 35.8 Å². The van der Waals surface area contributed by atoms with Crippen LogP contribution in [0.25, 0.3) is 5.69 Å². The molecule has 0 radical (unpaired) electrons. The molecule has 0 aliphatic rings. The summed E-state index contributed by atoms with van der Waals surface area (Å²) in [6.45, 7) is 3.68. The minimum absolute atomic E-state index is 0.0451. The largest absolute Gasteiger partial charge is 0.478 e. The third-order valence-electron chi connectivity index (χ3n) is 2.79. The summed E-state index contributed by atoms with van der Waals surface area (Å²) in [6.07, 6.45) is 0. The first-order valence-electron chi connectivity index (χ1n) is 6.03. The number of hydrogen-bond acceptors (Lipinski definition) is 3. The zero-order chi connectivity index (χ0) is 14.9. The molecule has 6 heteroatoms. The Morgan fingerprint density at radius 3 is 2.60 bits per heavy atom. The highest BCUT2D eigenvalue weighted by molar-refractivity contribution is 9.10. The molecule has 0 amide bonds. The Labute approximate surface area is 124 Å². The van der Waals surface area contributed by atoms with E-state index in [0.717, 1.165) is 10.5 Å². The van der Waals surface area contributed by atoms with Gasteiger partial charge in [0.15, 0.2) is 0 Å². The number of benzene rings is 1. The van der Waals surface area contributed by atoms with Crippen molar-refractivity contribution in [3.63, 3.8) is 0 Å². The Hall–Kier alpha value is -1.95. The molecule has 0 aliphatic heterocycles. The van der Waals surface area contributed by atoms with Crippen molar-refractivity contribution in [3.8, 4) is 5.69 Å². The monoisotopic (exact) mass is 336 g/mol. The topological polar surface area (TPSA) is 72.2 Å². The number of rotatable bonds is 3. The van der Waals surface area contributed by atoms with Crippen molar-refractivity contribution >= 4 is 21.9 Å². The van der Waals surface area contributed by atoms with Crippen molar-refractivity contribution < 1.29 is 9.90 Å². The smallest absolute Gasteiger partial charge is 0.337 e. The van der Waals surface area contributed by atoms with Gasteiger partial charge in [0, 0.05) is 10.5 Å². The fourth-order valence-electron chi connectivity index (χ4n) is 1.86. The normalized spacial score (nSPS) is 10.8. The minimum Gasteiger partial charge on any atom is -0.478 e. The molecule has 0 saturated carbocycles. The van der Waals surface area contributed by atoms with E-state index in [9.17, 15) is 9.59 Å². The lowest BCUT2D eigenvalue weighted by Gasteiger charge is -2.12. The second-order valence-corrected chi connectivity index (χ2v) is 5.55. The van der Waals surface area contributed by atoms with Crippen molar-refractivity contribution in [2.45, 2.75) is 19.8 Å². The van der Waals surface area contributed by atoms with Crippen molar-refractivity contribution in [3.05, 3.63) is 56.4 Å². The lowest BCUT2D eigenvalue weighted by atomic mass is 10.0. The maximum atomic E-state index is 12.1. The van der Waals surface area contributed by atoms with E-state index < -0.39 is 11.5 Å². The van der Waals surface area contributed by atoms with E-state index in [1.165, 1.54) is 4.68 Å². The van der Waals surface area contributed by atoms with Crippen LogP contribution < -0.4 is 5.56 Å². The molecular formula is C14H13BrN2O3. The van der Waals surface area contributed by atoms with Crippen molar-refractivity contribution in [1.82, 2.24) is 9.78 Å². The summed E-state index contributed by atoms with van der Waals surface area (Å²) in [6, 6.07) is 8.23. The fraction of sp³-hybridized carbons (Fsp3) is 0.214. The zero-order valence-electron chi connectivity index (χ0n) is 11.0. The molecule has 0 bridgehead atoms. The van der Waals surface area contributed by atoms with E-state index in [2.05, 4.69) is 21.0 Å². The Balaban J connectivity index is 2.70. The summed E-state index contributed by atoms with van der Waals surface area (Å²) >= 11 is 3.33. The first-order valence-corrected chi connectivity index (χ1v) is 6.83. The Bertz CT molecular complexity index is 723. The molecule has 0 saturated heterocycles. The molecule has 20 heavy (non-hydrogen) atoms. The summed E-state index contributed by atoms with van der Waals surface area (Å²) in [5.74, 6) is -1.24. The van der Waals surface area contributed by atoms with Gasteiger partial charge in [-0.3, -0.25) is 4.79 Å². The first kappa shape index (κ1) is 14.5. The summed E-state index contributed by atoms with van der Waals surface area (Å²) in [5.41, 5.74) is 0.460. The van der Waals surface area contributed by atoms with Crippen LogP contribution in [0.4, 0.5) is 0 Å². The first-order chi connectivity index (χ1) is 9.40. The number of aromatic carboxylic acids is 1. The van der Waals surface area contributed by atoms with Gasteiger partial charge in [-0.05, 0) is 24.1 Å². The summed E-state index contributed by atoms with van der Waals surface area (Å²) in [5, 5.41) is 13.4. The van der Waals surface area contributed by atoms with Crippen molar-refractivity contribution in [2.24, 2.45) is 0 Å². The molecule has 1 N–H and O–H groups in total. The molecule has 1 heterocycles. The molecule has 1 aromatic carbocycles. The number of halogens is 1. The van der Waals surface area contributed by atoms with Gasteiger partial charge in [0.25, 0.3) is 5.56 Å². The van der Waals surface area contributed by atoms with E-state index in [-0.39, 0.29) is 11.5 Å². The fourth-order valence-corrected chi connectivity index (χ4v) is 2.25. The van der Waals surface area contributed by atoms with E-state index in [1.807, 2.05) is 19.9 Å². The number of carboxylic acid groups (broad SMARTS) is 1. The second kappa shape index (κ2) is 5.58. The number of carboxylic acids is 1. The van der Waals surface area contributed by atoms with Crippen LogP contribution in [0.1, 0.15) is 35.8 Å². The molecule has 2 aromatic rings. The van der Waals surface area contributed by atoms with Crippen LogP contribution in [0.5, 0.6) is 0 Å². The zero-order valence-corrected chi connectivity index (χ0v) is 12.6. The number of nitrogens with zero attached hydrogens (tertiary/aromatic N) is 2. The predicted molar refractivity (Wildman–Crippen MR) is 78.6 cm³/mol. The molecule has 0 unspecified atom stereocenters. The van der Waals surface area contributed by atoms with Gasteiger partial charge in [-0.15, -0.1) is 0 Å². The van der Waals surface area contributed by atoms with Gasteiger partial charge >= 0.3 is 5.97 Å². The van der Waals surface area contributed by atoms with Gasteiger partial charge in [0.2, 0.25) is 0 Å². The Morgan fingerprint density at radius 1 is 1.35 bits per heavy atom. The van der Waals surface area contributed by atoms with Crippen molar-refractivity contribution in [1.29, 1.82) is 0 Å². The van der Waals surface area contributed by atoms with Crippen LogP contribution >= 0.6 is 15.9 Å². The molecule has 0 spiro atoms. The standard InChI is InChI=1S/C14H13BrN2O3/c1-8(2)13-11(14(19)20)7-12(18)17(16-13)10-5-3-4-9(15)6-10/h3-8H,1-2H3,(H,19,20). The third-order valence-corrected chi connectivity index (χ3v) is 3.28. The Morgan fingerprint density at radius 2 is 2.05 bits per heavy atom. The van der Waals surface area contributed by atoms with Crippen LogP contribution in [-0.2, 0) is 0 Å². The van der Waals surface area contributed by atoms with E-state index in [0.29, 0.717) is 11.4 Å². The number of carbonyl (C=O) groups is 1. The van der Waals surface area contributed by atoms with Crippen LogP contribution in [0, 0.1) is 0 Å². The number of aromatic nitrogens is 2. The molecule has 0 aliphatic carbocycles. The SMILES string of the molecule is CC(C)c1nn(-c2cccc(Br)c2)c(=O)cc1C(=O)O. The van der Waals surface area contributed by atoms with E-state index in [1.54, 1.807) is 18.2 Å². The predicted octanol–water partition coefficient (Wildman–Crippen LogP) is 2.82. The van der Waals surface area contributed by atoms with E-state index in [4.69, 9.17) is 5.11 Å². The lowest BCUT2D eigenvalue weighted by Crippen LogP contribution is -2.25. The van der Waals surface area contributed by atoms with Gasteiger partial charge in [-0.25, -0.2) is 4.79 Å². The maximum absolute atomic E-state index is 12.1. The summed E-state index contributed by atoms with van der Waals surface area (Å²) in [4.78, 5) is 23.2. The molecule has 0 fully saturated rings. The second-order valence-electron chi connectivity index (χ2n) is 4.63.